The largest absolute Gasteiger partial charge is 0.514 e. The van der Waals surface area contributed by atoms with Crippen molar-refractivity contribution in [3.63, 3.8) is 0 Å². The fourth-order valence-corrected chi connectivity index (χ4v) is 8.64. The number of aromatic hydroxyl groups is 2. The van der Waals surface area contributed by atoms with E-state index < -0.39 is 29.5 Å². The zero-order valence-electron chi connectivity index (χ0n) is 49.4. The Morgan fingerprint density at radius 3 is 1.35 bits per heavy atom. The molecule has 84 heavy (non-hydrogen) atoms. The maximum absolute atomic E-state index is 13.4. The molecule has 0 heterocycles. The number of hydrogen-bond donors (Lipinski definition) is 2. The second-order valence-electron chi connectivity index (χ2n) is 21.7. The summed E-state index contributed by atoms with van der Waals surface area (Å²) >= 11 is 0. The highest BCUT2D eigenvalue weighted by Gasteiger charge is 2.27. The summed E-state index contributed by atoms with van der Waals surface area (Å²) in [6.45, 7) is 26.0. The van der Waals surface area contributed by atoms with Crippen LogP contribution in [0.1, 0.15) is 120 Å². The zero-order valence-corrected chi connectivity index (χ0v) is 49.4. The first kappa shape index (κ1) is 65.4. The van der Waals surface area contributed by atoms with E-state index in [0.29, 0.717) is 30.1 Å². The summed E-state index contributed by atoms with van der Waals surface area (Å²) in [7, 11) is 0. The summed E-state index contributed by atoms with van der Waals surface area (Å²) in [6, 6.07) is 56.7. The van der Waals surface area contributed by atoms with Gasteiger partial charge in [0.2, 0.25) is 0 Å². The van der Waals surface area contributed by atoms with Gasteiger partial charge in [0, 0.05) is 6.08 Å². The monoisotopic (exact) mass is 1130 g/mol. The summed E-state index contributed by atoms with van der Waals surface area (Å²) < 4.78 is 31.5. The summed E-state index contributed by atoms with van der Waals surface area (Å²) in [6.07, 6.45) is 5.26. The predicted molar refractivity (Wildman–Crippen MR) is 335 cm³/mol. The molecule has 0 fully saturated rings. The molecule has 8 aromatic rings. The minimum absolute atomic E-state index is 0.0587. The molecule has 0 spiro atoms. The van der Waals surface area contributed by atoms with Crippen LogP contribution in [0.15, 0.2) is 208 Å². The van der Waals surface area contributed by atoms with Crippen LogP contribution < -0.4 is 9.47 Å². The maximum Gasteiger partial charge on any atom is 0.514 e. The van der Waals surface area contributed by atoms with Crippen molar-refractivity contribution in [2.75, 3.05) is 0 Å². The number of ether oxygens (including phenoxy) is 6. The average Bonchev–Trinajstić information content (AvgIpc) is 3.62. The second kappa shape index (κ2) is 32.3. The molecule has 8 rings (SSSR count). The zero-order chi connectivity index (χ0) is 61.2. The van der Waals surface area contributed by atoms with Crippen LogP contribution in [-0.2, 0) is 41.8 Å². The number of phenols is 2. The number of hydrogen-bond acceptors (Lipinski definition) is 12. The van der Waals surface area contributed by atoms with Gasteiger partial charge < -0.3 is 38.6 Å². The van der Waals surface area contributed by atoms with Crippen LogP contribution in [0.25, 0.3) is 33.7 Å². The van der Waals surface area contributed by atoms with Gasteiger partial charge in [-0.25, -0.2) is 14.4 Å². The second-order valence-corrected chi connectivity index (χ2v) is 21.7. The van der Waals surface area contributed by atoms with Crippen LogP contribution >= 0.6 is 0 Å². The van der Waals surface area contributed by atoms with Gasteiger partial charge in [0.1, 0.15) is 47.4 Å². The van der Waals surface area contributed by atoms with Gasteiger partial charge in [-0.2, -0.15) is 0 Å². The molecular formula is C72H78O12. The molecule has 0 saturated heterocycles. The standard InChI is InChI=1S/C37H42O6.C14H12O2.C13H16O3.C8H8O/c1-6-26(35(39)41-24-30-12-9-11-29-10-7-8-13-34(29)30)23-31(28-14-18-32(38)19-15-28)22-25(2)27-16-20-33(21-17-27)42-36(40)43-37(3,4)5;1-2-14(15)16-10-12-8-5-7-11-6-3-4-9-13(11)12;1-5-10-6-8-11(9-7-10)15-12(14)16-13(2,3)4;1-2-7-3-5-8(9)6-4-7/h7-21,25-26,31,38H,6,22-24H2,1-5H3;2-9H,1,10H2;5-9H,1H2,2-4H3;2-6,9H,1H2. The van der Waals surface area contributed by atoms with E-state index in [0.717, 1.165) is 61.3 Å². The van der Waals surface area contributed by atoms with Crippen LogP contribution in [0.2, 0.25) is 0 Å². The molecule has 2 N–H and O–H groups in total. The third kappa shape index (κ3) is 22.5. The van der Waals surface area contributed by atoms with E-state index in [9.17, 15) is 24.3 Å². The van der Waals surface area contributed by atoms with Gasteiger partial charge in [-0.05, 0) is 176 Å². The number of phenolic OH excluding ortho intramolecular Hbond substituents is 2. The van der Waals surface area contributed by atoms with Crippen molar-refractivity contribution in [3.05, 3.63) is 241 Å². The van der Waals surface area contributed by atoms with Crippen molar-refractivity contribution in [2.24, 2.45) is 5.92 Å². The van der Waals surface area contributed by atoms with Gasteiger partial charge in [0.25, 0.3) is 0 Å². The number of fused-ring (bicyclic) bond motifs is 2. The van der Waals surface area contributed by atoms with E-state index in [-0.39, 0.29) is 42.7 Å². The third-order valence-electron chi connectivity index (χ3n) is 12.9. The molecule has 438 valence electrons. The van der Waals surface area contributed by atoms with Gasteiger partial charge in [0.15, 0.2) is 0 Å². The molecule has 0 bridgehead atoms. The van der Waals surface area contributed by atoms with Crippen LogP contribution in [0.4, 0.5) is 9.59 Å². The summed E-state index contributed by atoms with van der Waals surface area (Å²) in [5.41, 5.74) is 4.97. The van der Waals surface area contributed by atoms with Gasteiger partial charge in [-0.3, -0.25) is 4.79 Å². The molecule has 0 amide bonds. The molecular weight excluding hydrogens is 1060 g/mol. The smallest absolute Gasteiger partial charge is 0.508 e. The Morgan fingerprint density at radius 2 is 0.905 bits per heavy atom. The summed E-state index contributed by atoms with van der Waals surface area (Å²) in [4.78, 5) is 47.7. The SMILES string of the molecule is C=CC(=O)OCc1cccc2ccccc12.C=Cc1ccc(O)cc1.C=Cc1ccc(OC(=O)OC(C)(C)C)cc1.CCC(CC(CC(C)c1ccc(OC(=O)OC(C)(C)C)cc1)c1ccc(O)cc1)C(=O)OCc1cccc2ccccc12. The Balaban J connectivity index is 0.000000253. The predicted octanol–water partition coefficient (Wildman–Crippen LogP) is 18.0. The minimum Gasteiger partial charge on any atom is -0.508 e. The van der Waals surface area contributed by atoms with E-state index in [1.807, 2.05) is 128 Å². The highest BCUT2D eigenvalue weighted by Crippen LogP contribution is 2.37. The Hall–Kier alpha value is -9.42. The van der Waals surface area contributed by atoms with Gasteiger partial charge in [0.05, 0.1) is 5.92 Å². The van der Waals surface area contributed by atoms with E-state index >= 15 is 0 Å². The highest BCUT2D eigenvalue weighted by atomic mass is 16.7. The quantitative estimate of drug-likeness (QED) is 0.0384. The molecule has 3 atom stereocenters. The first-order chi connectivity index (χ1) is 40.1. The molecule has 0 saturated carbocycles. The van der Waals surface area contributed by atoms with Crippen LogP contribution in [0.3, 0.4) is 0 Å². The fraction of sp³-hybridized carbons (Fsp3) is 0.250. The van der Waals surface area contributed by atoms with E-state index in [1.54, 1.807) is 102 Å². The lowest BCUT2D eigenvalue weighted by Crippen LogP contribution is -2.25. The van der Waals surface area contributed by atoms with E-state index in [2.05, 4.69) is 38.8 Å². The lowest BCUT2D eigenvalue weighted by molar-refractivity contribution is -0.150. The van der Waals surface area contributed by atoms with Crippen molar-refractivity contribution < 1.29 is 57.8 Å². The van der Waals surface area contributed by atoms with Crippen LogP contribution in [0.5, 0.6) is 23.0 Å². The Bertz CT molecular complexity index is 3390. The van der Waals surface area contributed by atoms with Gasteiger partial charge in [-0.1, -0.05) is 179 Å². The topological polar surface area (TPSA) is 164 Å². The third-order valence-corrected chi connectivity index (χ3v) is 12.9. The highest BCUT2D eigenvalue weighted by molar-refractivity contribution is 5.87. The lowest BCUT2D eigenvalue weighted by Gasteiger charge is -2.25. The van der Waals surface area contributed by atoms with Crippen molar-refractivity contribution in [2.45, 2.75) is 111 Å². The Morgan fingerprint density at radius 1 is 0.500 bits per heavy atom. The number of esters is 2. The molecule has 0 aliphatic carbocycles. The van der Waals surface area contributed by atoms with Crippen molar-refractivity contribution in [3.8, 4) is 23.0 Å². The minimum atomic E-state index is -0.737. The van der Waals surface area contributed by atoms with Crippen LogP contribution in [0, 0.1) is 5.92 Å². The van der Waals surface area contributed by atoms with E-state index in [1.165, 1.54) is 6.08 Å². The van der Waals surface area contributed by atoms with Crippen molar-refractivity contribution in [1.82, 2.24) is 0 Å². The van der Waals surface area contributed by atoms with E-state index in [4.69, 9.17) is 33.5 Å². The van der Waals surface area contributed by atoms with Gasteiger partial charge >= 0.3 is 24.2 Å². The number of carbonyl (C=O) groups excluding carboxylic acids is 4. The summed E-state index contributed by atoms with van der Waals surface area (Å²) in [5.74, 6) is 0.717. The Kier molecular flexibility index (Phi) is 25.1. The molecule has 0 radical (unpaired) electrons. The normalized spacial score (nSPS) is 11.9. The van der Waals surface area contributed by atoms with Gasteiger partial charge in [-0.15, -0.1) is 0 Å². The molecule has 12 nitrogen and oxygen atoms in total. The fourth-order valence-electron chi connectivity index (χ4n) is 8.64. The maximum atomic E-state index is 13.4. The molecule has 12 heteroatoms. The average molecular weight is 1140 g/mol. The first-order valence-corrected chi connectivity index (χ1v) is 27.8. The lowest BCUT2D eigenvalue weighted by atomic mass is 9.80. The molecule has 0 aliphatic rings. The first-order valence-electron chi connectivity index (χ1n) is 27.8. The number of benzene rings is 8. The molecule has 3 unspecified atom stereocenters. The summed E-state index contributed by atoms with van der Waals surface area (Å²) in [5, 5.41) is 23.2. The van der Waals surface area contributed by atoms with Crippen LogP contribution in [-0.4, -0.2) is 45.7 Å². The van der Waals surface area contributed by atoms with Crippen molar-refractivity contribution >= 4 is 57.9 Å². The molecule has 0 aliphatic heterocycles. The number of rotatable bonds is 17. The Labute approximate surface area is 494 Å². The van der Waals surface area contributed by atoms with Crippen molar-refractivity contribution in [1.29, 1.82) is 0 Å². The number of carbonyl (C=O) groups is 4. The molecule has 8 aromatic carbocycles. The molecule has 0 aromatic heterocycles.